The van der Waals surface area contributed by atoms with Crippen LogP contribution in [0.4, 0.5) is 22.7 Å². The third-order valence-electron chi connectivity index (χ3n) is 5.16. The summed E-state index contributed by atoms with van der Waals surface area (Å²) in [7, 11) is -1.30. The molecule has 0 amide bonds. The fraction of sp³-hybridized carbons (Fsp3) is 0.143. The molecule has 4 rings (SSSR count). The Morgan fingerprint density at radius 1 is 0.529 bits per heavy atom. The minimum absolute atomic E-state index is 0.777. The van der Waals surface area contributed by atoms with Gasteiger partial charge in [0.25, 0.3) is 0 Å². The van der Waals surface area contributed by atoms with E-state index in [9.17, 15) is 0 Å². The molecule has 0 aliphatic heterocycles. The zero-order chi connectivity index (χ0) is 23.6. The lowest BCUT2D eigenvalue weighted by Gasteiger charge is -2.27. The zero-order valence-electron chi connectivity index (χ0n) is 19.5. The monoisotopic (exact) mass is 471 g/mol. The first-order valence-corrected chi connectivity index (χ1v) is 12.6. The molecule has 174 valence electrons. The van der Waals surface area contributed by atoms with Crippen LogP contribution in [0.1, 0.15) is 13.8 Å². The molecule has 0 fully saturated rings. The smallest absolute Gasteiger partial charge is 0.384 e. The van der Waals surface area contributed by atoms with E-state index in [-0.39, 0.29) is 0 Å². The third-order valence-corrected chi connectivity index (χ3v) is 6.92. The van der Waals surface area contributed by atoms with Crippen LogP contribution < -0.4 is 19.7 Å². The van der Waals surface area contributed by atoms with Crippen molar-refractivity contribution in [1.82, 2.24) is 4.67 Å². The second-order valence-corrected chi connectivity index (χ2v) is 9.00. The first kappa shape index (κ1) is 23.6. The number of hydrogen-bond acceptors (Lipinski definition) is 5. The van der Waals surface area contributed by atoms with Gasteiger partial charge in [0.15, 0.2) is 0 Å². The average molecular weight is 472 g/mol. The number of hydrogen-bond donors (Lipinski definition) is 2. The largest absolute Gasteiger partial charge is 0.427 e. The highest BCUT2D eigenvalue weighted by Crippen LogP contribution is 2.44. The molecule has 0 radical (unpaired) electrons. The van der Waals surface area contributed by atoms with Crippen molar-refractivity contribution in [1.29, 1.82) is 0 Å². The van der Waals surface area contributed by atoms with E-state index in [1.54, 1.807) is 0 Å². The number of nitrogens with one attached hydrogen (secondary N) is 2. The number of para-hydroxylation sites is 2. The Morgan fingerprint density at radius 3 is 1.24 bits per heavy atom. The minimum atomic E-state index is -1.30. The van der Waals surface area contributed by atoms with Crippen molar-refractivity contribution in [3.63, 3.8) is 0 Å². The van der Waals surface area contributed by atoms with E-state index in [0.717, 1.165) is 47.3 Å². The molecule has 0 spiro atoms. The molecule has 0 aliphatic carbocycles. The minimum Gasteiger partial charge on any atom is -0.427 e. The van der Waals surface area contributed by atoms with Gasteiger partial charge in [0, 0.05) is 35.8 Å². The molecule has 5 nitrogen and oxygen atoms in total. The molecular formula is C28H30N3O2P. The SMILES string of the molecule is CCN(CC)P(Oc1ccc(Nc2ccccc2)cc1)Oc1ccc(Nc2ccccc2)cc1. The van der Waals surface area contributed by atoms with E-state index < -0.39 is 8.53 Å². The van der Waals surface area contributed by atoms with Crippen LogP contribution in [0, 0.1) is 0 Å². The molecule has 4 aromatic carbocycles. The first-order valence-electron chi connectivity index (χ1n) is 11.5. The van der Waals surface area contributed by atoms with E-state index in [0.29, 0.717) is 0 Å². The molecule has 6 heteroatoms. The van der Waals surface area contributed by atoms with Gasteiger partial charge in [-0.15, -0.1) is 0 Å². The van der Waals surface area contributed by atoms with Gasteiger partial charge in [-0.25, -0.2) is 4.67 Å². The summed E-state index contributed by atoms with van der Waals surface area (Å²) in [6, 6.07) is 36.2. The lowest BCUT2D eigenvalue weighted by Crippen LogP contribution is -2.22. The Morgan fingerprint density at radius 2 is 0.882 bits per heavy atom. The normalized spacial score (nSPS) is 10.8. The quantitative estimate of drug-likeness (QED) is 0.216. The van der Waals surface area contributed by atoms with Gasteiger partial charge < -0.3 is 19.7 Å². The van der Waals surface area contributed by atoms with Crippen molar-refractivity contribution in [2.75, 3.05) is 23.7 Å². The maximum atomic E-state index is 6.32. The van der Waals surface area contributed by atoms with Crippen LogP contribution in [-0.2, 0) is 0 Å². The summed E-state index contributed by atoms with van der Waals surface area (Å²) in [5.41, 5.74) is 4.12. The van der Waals surface area contributed by atoms with E-state index in [4.69, 9.17) is 9.05 Å². The number of rotatable bonds is 11. The first-order chi connectivity index (χ1) is 16.7. The van der Waals surface area contributed by atoms with Gasteiger partial charge in [-0.3, -0.25) is 0 Å². The summed E-state index contributed by atoms with van der Waals surface area (Å²) in [5.74, 6) is 1.55. The summed E-state index contributed by atoms with van der Waals surface area (Å²) in [6.07, 6.45) is 0. The number of anilines is 4. The highest BCUT2D eigenvalue weighted by molar-refractivity contribution is 7.45. The highest BCUT2D eigenvalue weighted by atomic mass is 31.2. The third kappa shape index (κ3) is 6.74. The van der Waals surface area contributed by atoms with E-state index in [2.05, 4.69) is 29.2 Å². The Kier molecular flexibility index (Phi) is 8.39. The summed E-state index contributed by atoms with van der Waals surface area (Å²) < 4.78 is 14.8. The van der Waals surface area contributed by atoms with Crippen LogP contribution in [0.5, 0.6) is 11.5 Å². The second-order valence-electron chi connectivity index (χ2n) is 7.59. The summed E-state index contributed by atoms with van der Waals surface area (Å²) in [5, 5.41) is 6.79. The Labute approximate surface area is 203 Å². The molecule has 0 saturated carbocycles. The van der Waals surface area contributed by atoms with Crippen LogP contribution in [0.3, 0.4) is 0 Å². The molecule has 0 heterocycles. The molecule has 4 aromatic rings. The maximum absolute atomic E-state index is 6.32. The maximum Gasteiger partial charge on any atom is 0.384 e. The Hall–Kier alpha value is -3.53. The van der Waals surface area contributed by atoms with Gasteiger partial charge in [-0.2, -0.15) is 0 Å². The molecule has 0 aliphatic rings. The molecule has 0 aromatic heterocycles. The predicted molar refractivity (Wildman–Crippen MR) is 143 cm³/mol. The van der Waals surface area contributed by atoms with Crippen molar-refractivity contribution in [2.45, 2.75) is 13.8 Å². The van der Waals surface area contributed by atoms with Crippen LogP contribution in [0.2, 0.25) is 0 Å². The molecule has 0 unspecified atom stereocenters. The Bertz CT molecular complexity index is 1030. The van der Waals surface area contributed by atoms with E-state index >= 15 is 0 Å². The van der Waals surface area contributed by atoms with Crippen molar-refractivity contribution >= 4 is 31.3 Å². The lowest BCUT2D eigenvalue weighted by molar-refractivity contribution is 0.372. The fourth-order valence-corrected chi connectivity index (χ4v) is 4.68. The zero-order valence-corrected chi connectivity index (χ0v) is 20.4. The van der Waals surface area contributed by atoms with Gasteiger partial charge in [0.2, 0.25) is 0 Å². The van der Waals surface area contributed by atoms with Crippen LogP contribution in [0.25, 0.3) is 0 Å². The van der Waals surface area contributed by atoms with Gasteiger partial charge in [-0.1, -0.05) is 50.2 Å². The molecule has 34 heavy (non-hydrogen) atoms. The van der Waals surface area contributed by atoms with Gasteiger partial charge in [0.1, 0.15) is 11.5 Å². The molecular weight excluding hydrogens is 441 g/mol. The number of nitrogens with zero attached hydrogens (tertiary/aromatic N) is 1. The van der Waals surface area contributed by atoms with Crippen LogP contribution in [0.15, 0.2) is 109 Å². The van der Waals surface area contributed by atoms with Crippen LogP contribution >= 0.6 is 8.53 Å². The topological polar surface area (TPSA) is 45.8 Å². The van der Waals surface area contributed by atoms with Gasteiger partial charge >= 0.3 is 8.53 Å². The Balaban J connectivity index is 1.41. The van der Waals surface area contributed by atoms with Crippen molar-refractivity contribution < 1.29 is 9.05 Å². The summed E-state index contributed by atoms with van der Waals surface area (Å²) in [6.45, 7) is 5.91. The fourth-order valence-electron chi connectivity index (χ4n) is 3.34. The van der Waals surface area contributed by atoms with Crippen molar-refractivity contribution in [3.05, 3.63) is 109 Å². The predicted octanol–water partition coefficient (Wildman–Crippen LogP) is 8.20. The van der Waals surface area contributed by atoms with Crippen LogP contribution in [-0.4, -0.2) is 17.8 Å². The molecule has 0 saturated heterocycles. The molecule has 0 bridgehead atoms. The summed E-state index contributed by atoms with van der Waals surface area (Å²) in [4.78, 5) is 0. The molecule has 0 atom stereocenters. The lowest BCUT2D eigenvalue weighted by atomic mass is 10.2. The second kappa shape index (κ2) is 12.1. The standard InChI is InChI=1S/C28H30N3O2P/c1-3-31(4-2)34(32-27-19-15-25(16-20-27)29-23-11-7-5-8-12-23)33-28-21-17-26(18-22-28)30-24-13-9-6-10-14-24/h5-22,29-30H,3-4H2,1-2H3. The van der Waals surface area contributed by atoms with Gasteiger partial charge in [-0.05, 0) is 72.8 Å². The average Bonchev–Trinajstić information content (AvgIpc) is 2.88. The van der Waals surface area contributed by atoms with Crippen molar-refractivity contribution in [3.8, 4) is 11.5 Å². The molecule has 2 N–H and O–H groups in total. The van der Waals surface area contributed by atoms with E-state index in [1.165, 1.54) is 0 Å². The van der Waals surface area contributed by atoms with E-state index in [1.807, 2.05) is 109 Å². The highest BCUT2D eigenvalue weighted by Gasteiger charge is 2.22. The van der Waals surface area contributed by atoms with Gasteiger partial charge in [0.05, 0.1) is 0 Å². The summed E-state index contributed by atoms with van der Waals surface area (Å²) >= 11 is 0. The number of benzene rings is 4. The van der Waals surface area contributed by atoms with Crippen molar-refractivity contribution in [2.24, 2.45) is 0 Å².